The van der Waals surface area contributed by atoms with Crippen molar-refractivity contribution in [3.8, 4) is 0 Å². The fourth-order valence-electron chi connectivity index (χ4n) is 1.98. The lowest BCUT2D eigenvalue weighted by Gasteiger charge is -2.32. The molecule has 0 aliphatic carbocycles. The summed E-state index contributed by atoms with van der Waals surface area (Å²) in [6, 6.07) is -0.0836. The molecular weight excluding hydrogens is 299 g/mol. The third kappa shape index (κ3) is 2.65. The molecule has 1 saturated heterocycles. The van der Waals surface area contributed by atoms with E-state index in [2.05, 4.69) is 10.4 Å². The zero-order valence-corrected chi connectivity index (χ0v) is 12.5. The van der Waals surface area contributed by atoms with E-state index in [0.29, 0.717) is 19.6 Å². The fraction of sp³-hybridized carbons (Fsp3) is 0.667. The van der Waals surface area contributed by atoms with Gasteiger partial charge in [-0.2, -0.15) is 9.40 Å². The van der Waals surface area contributed by atoms with Gasteiger partial charge >= 0.3 is 0 Å². The van der Waals surface area contributed by atoms with E-state index in [1.54, 1.807) is 7.05 Å². The van der Waals surface area contributed by atoms with E-state index in [1.165, 1.54) is 15.2 Å². The van der Waals surface area contributed by atoms with Crippen molar-refractivity contribution in [2.75, 3.05) is 19.6 Å². The maximum absolute atomic E-state index is 12.5. The second-order valence-corrected chi connectivity index (χ2v) is 6.30. The second kappa shape index (κ2) is 5.75. The molecular formula is C9H16Cl2N4O2S. The molecule has 1 aliphatic heterocycles. The first kappa shape index (κ1) is 15.7. The van der Waals surface area contributed by atoms with Gasteiger partial charge in [-0.25, -0.2) is 8.42 Å². The van der Waals surface area contributed by atoms with Crippen molar-refractivity contribution >= 4 is 34.0 Å². The van der Waals surface area contributed by atoms with Crippen LogP contribution in [0.4, 0.5) is 0 Å². The van der Waals surface area contributed by atoms with Crippen LogP contribution in [0.25, 0.3) is 0 Å². The van der Waals surface area contributed by atoms with Gasteiger partial charge in [0.2, 0.25) is 0 Å². The predicted molar refractivity (Wildman–Crippen MR) is 71.7 cm³/mol. The van der Waals surface area contributed by atoms with E-state index in [0.717, 1.165) is 0 Å². The maximum Gasteiger partial charge on any atom is 0.262 e. The van der Waals surface area contributed by atoms with E-state index < -0.39 is 10.0 Å². The van der Waals surface area contributed by atoms with Crippen LogP contribution in [0.5, 0.6) is 0 Å². The highest BCUT2D eigenvalue weighted by Crippen LogP contribution is 2.25. The molecule has 0 amide bonds. The van der Waals surface area contributed by atoms with Crippen molar-refractivity contribution in [1.29, 1.82) is 0 Å². The largest absolute Gasteiger partial charge is 0.314 e. The zero-order valence-electron chi connectivity index (χ0n) is 10.1. The Labute approximate surface area is 118 Å². The molecule has 0 bridgehead atoms. The monoisotopic (exact) mass is 314 g/mol. The van der Waals surface area contributed by atoms with Gasteiger partial charge in [0.15, 0.2) is 5.03 Å². The lowest BCUT2D eigenvalue weighted by atomic mass is 10.3. The normalized spacial score (nSPS) is 21.6. The standard InChI is InChI=1S/C9H15ClN4O2S.ClH/c1-7-5-11-3-4-14(7)17(15,16)9-8(10)6-12-13(9)2;/h6-7,11H,3-5H2,1-2H3;1H/t7-;/m1./s1. The maximum atomic E-state index is 12.5. The lowest BCUT2D eigenvalue weighted by molar-refractivity contribution is 0.282. The van der Waals surface area contributed by atoms with Gasteiger partial charge in [0.25, 0.3) is 10.0 Å². The third-order valence-corrected chi connectivity index (χ3v) is 5.36. The first-order valence-electron chi connectivity index (χ1n) is 5.34. The lowest BCUT2D eigenvalue weighted by Crippen LogP contribution is -2.52. The molecule has 0 saturated carbocycles. The van der Waals surface area contributed by atoms with Crippen LogP contribution in [-0.2, 0) is 17.1 Å². The number of nitrogens with one attached hydrogen (secondary N) is 1. The van der Waals surface area contributed by atoms with Crippen LogP contribution < -0.4 is 5.32 Å². The van der Waals surface area contributed by atoms with Gasteiger partial charge in [0, 0.05) is 32.7 Å². The molecule has 2 heterocycles. The van der Waals surface area contributed by atoms with Crippen LogP contribution >= 0.6 is 24.0 Å². The zero-order chi connectivity index (χ0) is 12.6. The quantitative estimate of drug-likeness (QED) is 0.862. The van der Waals surface area contributed by atoms with Crippen LogP contribution in [0.2, 0.25) is 5.02 Å². The molecule has 6 nitrogen and oxygen atoms in total. The molecule has 1 aromatic rings. The molecule has 1 atom stereocenters. The molecule has 1 aromatic heterocycles. The number of aryl methyl sites for hydroxylation is 1. The minimum absolute atomic E-state index is 0. The summed E-state index contributed by atoms with van der Waals surface area (Å²) < 4.78 is 27.7. The van der Waals surface area contributed by atoms with Gasteiger partial charge in [-0.3, -0.25) is 4.68 Å². The second-order valence-electron chi connectivity index (χ2n) is 4.09. The van der Waals surface area contributed by atoms with Crippen molar-refractivity contribution in [3.05, 3.63) is 11.2 Å². The number of hydrogen-bond acceptors (Lipinski definition) is 4. The van der Waals surface area contributed by atoms with E-state index >= 15 is 0 Å². The minimum atomic E-state index is -3.57. The molecule has 104 valence electrons. The van der Waals surface area contributed by atoms with Gasteiger partial charge in [-0.05, 0) is 6.92 Å². The molecule has 18 heavy (non-hydrogen) atoms. The summed E-state index contributed by atoms with van der Waals surface area (Å²) in [7, 11) is -1.99. The summed E-state index contributed by atoms with van der Waals surface area (Å²) in [5.41, 5.74) is 0. The Morgan fingerprint density at radius 1 is 1.56 bits per heavy atom. The molecule has 0 radical (unpaired) electrons. The van der Waals surface area contributed by atoms with Crippen LogP contribution in [0.1, 0.15) is 6.92 Å². The smallest absolute Gasteiger partial charge is 0.262 e. The Kier molecular flexibility index (Phi) is 5.02. The van der Waals surface area contributed by atoms with E-state index in [4.69, 9.17) is 11.6 Å². The number of sulfonamides is 1. The van der Waals surface area contributed by atoms with E-state index in [-0.39, 0.29) is 28.5 Å². The van der Waals surface area contributed by atoms with Crippen molar-refractivity contribution in [2.45, 2.75) is 18.0 Å². The average molecular weight is 315 g/mol. The van der Waals surface area contributed by atoms with Crippen LogP contribution in [0.15, 0.2) is 11.2 Å². The van der Waals surface area contributed by atoms with Gasteiger partial charge in [0.05, 0.1) is 11.2 Å². The van der Waals surface area contributed by atoms with Crippen molar-refractivity contribution < 1.29 is 8.42 Å². The van der Waals surface area contributed by atoms with Crippen molar-refractivity contribution in [3.63, 3.8) is 0 Å². The minimum Gasteiger partial charge on any atom is -0.314 e. The highest BCUT2D eigenvalue weighted by atomic mass is 35.5. The molecule has 0 unspecified atom stereocenters. The van der Waals surface area contributed by atoms with E-state index in [1.807, 2.05) is 6.92 Å². The Hall–Kier alpha value is -0.340. The third-order valence-electron chi connectivity index (χ3n) is 2.84. The molecule has 0 aromatic carbocycles. The molecule has 1 fully saturated rings. The molecule has 1 aliphatic rings. The summed E-state index contributed by atoms with van der Waals surface area (Å²) in [5.74, 6) is 0. The Morgan fingerprint density at radius 2 is 2.22 bits per heavy atom. The van der Waals surface area contributed by atoms with Gasteiger partial charge in [-0.1, -0.05) is 11.6 Å². The summed E-state index contributed by atoms with van der Waals surface area (Å²) in [6.07, 6.45) is 1.35. The van der Waals surface area contributed by atoms with Crippen LogP contribution in [-0.4, -0.2) is 48.2 Å². The molecule has 2 rings (SSSR count). The summed E-state index contributed by atoms with van der Waals surface area (Å²) in [5, 5.41) is 7.24. The SMILES string of the molecule is C[C@@H]1CNCCN1S(=O)(=O)c1c(Cl)cnn1C.Cl. The van der Waals surface area contributed by atoms with Gasteiger partial charge in [-0.15, -0.1) is 12.4 Å². The molecule has 9 heteroatoms. The number of hydrogen-bond donors (Lipinski definition) is 1. The topological polar surface area (TPSA) is 67.2 Å². The fourth-order valence-corrected chi connectivity index (χ4v) is 4.22. The van der Waals surface area contributed by atoms with E-state index in [9.17, 15) is 8.42 Å². The number of rotatable bonds is 2. The molecule has 1 N–H and O–H groups in total. The first-order valence-corrected chi connectivity index (χ1v) is 7.16. The summed E-state index contributed by atoms with van der Waals surface area (Å²) >= 11 is 5.89. The van der Waals surface area contributed by atoms with Gasteiger partial charge in [0.1, 0.15) is 0 Å². The number of aromatic nitrogens is 2. The van der Waals surface area contributed by atoms with Crippen LogP contribution in [0.3, 0.4) is 0 Å². The van der Waals surface area contributed by atoms with Crippen molar-refractivity contribution in [1.82, 2.24) is 19.4 Å². The number of piperazine rings is 1. The Bertz CT molecular complexity index is 497. The number of halogens is 2. The first-order chi connectivity index (χ1) is 7.94. The van der Waals surface area contributed by atoms with Gasteiger partial charge < -0.3 is 5.32 Å². The highest BCUT2D eigenvalue weighted by molar-refractivity contribution is 7.89. The van der Waals surface area contributed by atoms with Crippen molar-refractivity contribution in [2.24, 2.45) is 7.05 Å². The Morgan fingerprint density at radius 3 is 2.72 bits per heavy atom. The summed E-state index contributed by atoms with van der Waals surface area (Å²) in [4.78, 5) is 0. The Balaban J connectivity index is 0.00000162. The number of nitrogens with zero attached hydrogens (tertiary/aromatic N) is 3. The highest BCUT2D eigenvalue weighted by Gasteiger charge is 2.34. The van der Waals surface area contributed by atoms with Crippen LogP contribution in [0, 0.1) is 0 Å². The molecule has 0 spiro atoms. The predicted octanol–water partition coefficient (Wildman–Crippen LogP) is 0.478. The average Bonchev–Trinajstić information content (AvgIpc) is 2.59. The summed E-state index contributed by atoms with van der Waals surface area (Å²) in [6.45, 7) is 3.62.